The summed E-state index contributed by atoms with van der Waals surface area (Å²) < 4.78 is 45.1. The van der Waals surface area contributed by atoms with Crippen LogP contribution in [0.4, 0.5) is 13.2 Å². The van der Waals surface area contributed by atoms with Crippen LogP contribution in [0.1, 0.15) is 0 Å². The molecule has 0 bridgehead atoms. The molecule has 0 radical (unpaired) electrons. The molecule has 3 aromatic rings. The molecule has 0 saturated carbocycles. The molecule has 3 rings (SSSR count). The SMILES string of the molecule is COc1ccc2c(=O)[nH]cc(-c3cc(F)c(F)c(F)c3)c2c1. The van der Waals surface area contributed by atoms with E-state index in [4.69, 9.17) is 4.74 Å². The summed E-state index contributed by atoms with van der Waals surface area (Å²) in [5.41, 5.74) is 0.140. The van der Waals surface area contributed by atoms with E-state index in [0.29, 0.717) is 22.1 Å². The number of hydrogen-bond acceptors (Lipinski definition) is 2. The van der Waals surface area contributed by atoms with Crippen molar-refractivity contribution in [3.8, 4) is 16.9 Å². The first-order valence-electron chi connectivity index (χ1n) is 6.35. The van der Waals surface area contributed by atoms with E-state index in [1.165, 1.54) is 13.3 Å². The van der Waals surface area contributed by atoms with Gasteiger partial charge < -0.3 is 9.72 Å². The standard InChI is InChI=1S/C16H10F3NO2/c1-22-9-2-3-10-11(6-9)12(7-20-16(10)21)8-4-13(17)15(19)14(18)5-8/h2-7H,1H3,(H,20,21). The maximum absolute atomic E-state index is 13.4. The van der Waals surface area contributed by atoms with Crippen LogP contribution >= 0.6 is 0 Å². The number of fused-ring (bicyclic) bond motifs is 1. The number of H-pyrrole nitrogens is 1. The minimum atomic E-state index is -1.53. The van der Waals surface area contributed by atoms with E-state index in [2.05, 4.69) is 4.98 Å². The Labute approximate surface area is 123 Å². The van der Waals surface area contributed by atoms with Gasteiger partial charge in [-0.2, -0.15) is 0 Å². The Morgan fingerprint density at radius 3 is 2.32 bits per heavy atom. The van der Waals surface area contributed by atoms with Crippen molar-refractivity contribution in [1.82, 2.24) is 4.98 Å². The Hall–Kier alpha value is -2.76. The fraction of sp³-hybridized carbons (Fsp3) is 0.0625. The van der Waals surface area contributed by atoms with Crippen LogP contribution in [0.2, 0.25) is 0 Å². The van der Waals surface area contributed by atoms with E-state index < -0.39 is 17.5 Å². The minimum absolute atomic E-state index is 0.117. The number of hydrogen-bond donors (Lipinski definition) is 1. The summed E-state index contributed by atoms with van der Waals surface area (Å²) >= 11 is 0. The van der Waals surface area contributed by atoms with Crippen molar-refractivity contribution < 1.29 is 17.9 Å². The van der Waals surface area contributed by atoms with Gasteiger partial charge in [-0.15, -0.1) is 0 Å². The van der Waals surface area contributed by atoms with Gasteiger partial charge in [0.15, 0.2) is 17.5 Å². The zero-order chi connectivity index (χ0) is 15.9. The topological polar surface area (TPSA) is 42.1 Å². The van der Waals surface area contributed by atoms with Crippen molar-refractivity contribution >= 4 is 10.8 Å². The van der Waals surface area contributed by atoms with Crippen LogP contribution in [0.25, 0.3) is 21.9 Å². The quantitative estimate of drug-likeness (QED) is 0.735. The van der Waals surface area contributed by atoms with E-state index in [1.807, 2.05) is 0 Å². The first kappa shape index (κ1) is 14.2. The second kappa shape index (κ2) is 5.22. The third-order valence-electron chi connectivity index (χ3n) is 3.40. The molecule has 6 heteroatoms. The molecule has 22 heavy (non-hydrogen) atoms. The molecule has 0 aliphatic rings. The van der Waals surface area contributed by atoms with Crippen molar-refractivity contribution in [2.45, 2.75) is 0 Å². The van der Waals surface area contributed by atoms with Gasteiger partial charge in [0, 0.05) is 22.5 Å². The fourth-order valence-corrected chi connectivity index (χ4v) is 2.31. The molecule has 0 aliphatic carbocycles. The highest BCUT2D eigenvalue weighted by molar-refractivity contribution is 5.96. The number of nitrogens with one attached hydrogen (secondary N) is 1. The Morgan fingerprint density at radius 1 is 1.00 bits per heavy atom. The molecule has 0 saturated heterocycles. The fourth-order valence-electron chi connectivity index (χ4n) is 2.31. The number of halogens is 3. The van der Waals surface area contributed by atoms with Gasteiger partial charge in [0.2, 0.25) is 0 Å². The van der Waals surface area contributed by atoms with Crippen LogP contribution in [-0.4, -0.2) is 12.1 Å². The lowest BCUT2D eigenvalue weighted by molar-refractivity contribution is 0.415. The van der Waals surface area contributed by atoms with Crippen LogP contribution in [0.15, 0.2) is 41.3 Å². The first-order chi connectivity index (χ1) is 10.5. The molecule has 112 valence electrons. The molecule has 0 spiro atoms. The molecule has 0 fully saturated rings. The van der Waals surface area contributed by atoms with Gasteiger partial charge in [-0.3, -0.25) is 4.79 Å². The third kappa shape index (κ3) is 2.22. The molecular weight excluding hydrogens is 295 g/mol. The van der Waals surface area contributed by atoms with Crippen molar-refractivity contribution in [1.29, 1.82) is 0 Å². The molecule has 0 amide bonds. The van der Waals surface area contributed by atoms with Crippen LogP contribution in [0, 0.1) is 17.5 Å². The van der Waals surface area contributed by atoms with E-state index in [9.17, 15) is 18.0 Å². The minimum Gasteiger partial charge on any atom is -0.497 e. The highest BCUT2D eigenvalue weighted by atomic mass is 19.2. The lowest BCUT2D eigenvalue weighted by atomic mass is 10.0. The Balaban J connectivity index is 2.36. The van der Waals surface area contributed by atoms with Crippen LogP contribution in [0.5, 0.6) is 5.75 Å². The summed E-state index contributed by atoms with van der Waals surface area (Å²) in [7, 11) is 1.46. The van der Waals surface area contributed by atoms with E-state index >= 15 is 0 Å². The maximum atomic E-state index is 13.4. The van der Waals surface area contributed by atoms with Gasteiger partial charge in [0.25, 0.3) is 5.56 Å². The van der Waals surface area contributed by atoms with E-state index in [1.54, 1.807) is 18.2 Å². The highest BCUT2D eigenvalue weighted by Gasteiger charge is 2.14. The molecule has 2 aromatic carbocycles. The monoisotopic (exact) mass is 305 g/mol. The Kier molecular flexibility index (Phi) is 3.36. The molecule has 3 nitrogen and oxygen atoms in total. The van der Waals surface area contributed by atoms with E-state index in [-0.39, 0.29) is 11.1 Å². The molecule has 0 atom stereocenters. The number of pyridine rings is 1. The van der Waals surface area contributed by atoms with Crippen molar-refractivity contribution in [2.24, 2.45) is 0 Å². The summed E-state index contributed by atoms with van der Waals surface area (Å²) in [5, 5.41) is 0.789. The summed E-state index contributed by atoms with van der Waals surface area (Å²) in [6.07, 6.45) is 1.33. The summed E-state index contributed by atoms with van der Waals surface area (Å²) in [4.78, 5) is 14.3. The molecule has 1 N–H and O–H groups in total. The molecule has 1 aromatic heterocycles. The number of aromatic amines is 1. The van der Waals surface area contributed by atoms with Crippen LogP contribution in [-0.2, 0) is 0 Å². The first-order valence-corrected chi connectivity index (χ1v) is 6.35. The summed E-state index contributed by atoms with van der Waals surface area (Å²) in [6.45, 7) is 0. The van der Waals surface area contributed by atoms with Gasteiger partial charge in [0.1, 0.15) is 5.75 Å². The van der Waals surface area contributed by atoms with Crippen molar-refractivity contribution in [3.63, 3.8) is 0 Å². The van der Waals surface area contributed by atoms with Gasteiger partial charge >= 0.3 is 0 Å². The lowest BCUT2D eigenvalue weighted by Crippen LogP contribution is -2.06. The van der Waals surface area contributed by atoms with Gasteiger partial charge in [0.05, 0.1) is 7.11 Å². The van der Waals surface area contributed by atoms with Gasteiger partial charge in [-0.1, -0.05) is 0 Å². The number of rotatable bonds is 2. The molecule has 1 heterocycles. The predicted octanol–water partition coefficient (Wildman–Crippen LogP) is 3.62. The van der Waals surface area contributed by atoms with Crippen LogP contribution < -0.4 is 10.3 Å². The van der Waals surface area contributed by atoms with Gasteiger partial charge in [-0.05, 0) is 35.9 Å². The number of methoxy groups -OCH3 is 1. The van der Waals surface area contributed by atoms with E-state index in [0.717, 1.165) is 12.1 Å². The van der Waals surface area contributed by atoms with Crippen LogP contribution in [0.3, 0.4) is 0 Å². The van der Waals surface area contributed by atoms with Crippen molar-refractivity contribution in [2.75, 3.05) is 7.11 Å². The zero-order valence-electron chi connectivity index (χ0n) is 11.4. The Morgan fingerprint density at radius 2 is 1.68 bits per heavy atom. The molecule has 0 aliphatic heterocycles. The highest BCUT2D eigenvalue weighted by Crippen LogP contribution is 2.30. The predicted molar refractivity (Wildman–Crippen MR) is 76.4 cm³/mol. The Bertz CT molecular complexity index is 911. The number of ether oxygens (including phenoxy) is 1. The third-order valence-corrected chi connectivity index (χ3v) is 3.40. The smallest absolute Gasteiger partial charge is 0.255 e. The second-order valence-corrected chi connectivity index (χ2v) is 4.70. The average Bonchev–Trinajstić information content (AvgIpc) is 2.52. The van der Waals surface area contributed by atoms with Gasteiger partial charge in [-0.25, -0.2) is 13.2 Å². The second-order valence-electron chi connectivity index (χ2n) is 4.70. The zero-order valence-corrected chi connectivity index (χ0v) is 11.4. The summed E-state index contributed by atoms with van der Waals surface area (Å²) in [6, 6.07) is 6.49. The maximum Gasteiger partial charge on any atom is 0.255 e. The average molecular weight is 305 g/mol. The largest absolute Gasteiger partial charge is 0.497 e. The van der Waals surface area contributed by atoms with Crippen molar-refractivity contribution in [3.05, 3.63) is 64.3 Å². The number of aromatic nitrogens is 1. The molecular formula is C16H10F3NO2. The normalized spacial score (nSPS) is 10.9. The lowest BCUT2D eigenvalue weighted by Gasteiger charge is -2.09. The molecule has 0 unspecified atom stereocenters. The summed E-state index contributed by atoms with van der Waals surface area (Å²) in [5.74, 6) is -3.63. The number of benzene rings is 2.